The summed E-state index contributed by atoms with van der Waals surface area (Å²) >= 11 is 0. The van der Waals surface area contributed by atoms with E-state index in [1.54, 1.807) is 38.1 Å². The second-order valence-electron chi connectivity index (χ2n) is 8.60. The van der Waals surface area contributed by atoms with Crippen molar-refractivity contribution in [2.24, 2.45) is 28.1 Å². The fourth-order valence-electron chi connectivity index (χ4n) is 3.14. The predicted octanol–water partition coefficient (Wildman–Crippen LogP) is -1.18. The molecule has 0 aliphatic rings. The van der Waals surface area contributed by atoms with Crippen LogP contribution in [0.15, 0.2) is 35.3 Å². The van der Waals surface area contributed by atoms with Gasteiger partial charge in [0.1, 0.15) is 18.1 Å². The van der Waals surface area contributed by atoms with Crippen molar-refractivity contribution in [1.82, 2.24) is 16.0 Å². The summed E-state index contributed by atoms with van der Waals surface area (Å²) in [5.41, 5.74) is 17.2. The second kappa shape index (κ2) is 14.6. The highest BCUT2D eigenvalue weighted by atomic mass is 16.4. The van der Waals surface area contributed by atoms with Crippen LogP contribution in [0.1, 0.15) is 39.2 Å². The molecule has 10 N–H and O–H groups in total. The molecule has 4 unspecified atom stereocenters. The van der Waals surface area contributed by atoms with E-state index in [1.165, 1.54) is 6.92 Å². The van der Waals surface area contributed by atoms with Gasteiger partial charge in [0, 0.05) is 13.0 Å². The van der Waals surface area contributed by atoms with Gasteiger partial charge in [0.25, 0.3) is 0 Å². The Morgan fingerprint density at radius 3 is 2.11 bits per heavy atom. The van der Waals surface area contributed by atoms with E-state index in [1.807, 2.05) is 6.07 Å². The van der Waals surface area contributed by atoms with Crippen LogP contribution in [0, 0.1) is 5.92 Å². The van der Waals surface area contributed by atoms with Gasteiger partial charge in [-0.3, -0.25) is 24.2 Å². The van der Waals surface area contributed by atoms with Crippen molar-refractivity contribution in [3.63, 3.8) is 0 Å². The van der Waals surface area contributed by atoms with E-state index in [-0.39, 0.29) is 18.3 Å². The lowest BCUT2D eigenvalue weighted by atomic mass is 10.00. The molecule has 0 fully saturated rings. The van der Waals surface area contributed by atoms with Gasteiger partial charge >= 0.3 is 5.97 Å². The number of benzene rings is 1. The van der Waals surface area contributed by atoms with E-state index in [4.69, 9.17) is 22.3 Å². The van der Waals surface area contributed by atoms with Gasteiger partial charge in [0.05, 0.1) is 6.04 Å². The Bertz CT molecular complexity index is 888. The van der Waals surface area contributed by atoms with Crippen molar-refractivity contribution in [3.05, 3.63) is 35.9 Å². The van der Waals surface area contributed by atoms with Gasteiger partial charge in [-0.2, -0.15) is 0 Å². The average Bonchev–Trinajstić information content (AvgIpc) is 2.79. The molecule has 1 rings (SSSR count). The lowest BCUT2D eigenvalue weighted by molar-refractivity contribution is -0.141. The third kappa shape index (κ3) is 10.9. The number of guanidine groups is 1. The highest BCUT2D eigenvalue weighted by Crippen LogP contribution is 2.08. The van der Waals surface area contributed by atoms with Crippen LogP contribution in [0.25, 0.3) is 0 Å². The molecule has 0 bridgehead atoms. The molecule has 194 valence electrons. The van der Waals surface area contributed by atoms with Gasteiger partial charge in [-0.25, -0.2) is 0 Å². The highest BCUT2D eigenvalue weighted by Gasteiger charge is 2.31. The van der Waals surface area contributed by atoms with Gasteiger partial charge < -0.3 is 38.3 Å². The number of carboxylic acid groups (broad SMARTS) is 1. The van der Waals surface area contributed by atoms with Crippen LogP contribution in [-0.4, -0.2) is 65.5 Å². The third-order valence-electron chi connectivity index (χ3n) is 5.20. The Hall–Kier alpha value is -3.67. The van der Waals surface area contributed by atoms with Gasteiger partial charge in [-0.05, 0) is 31.2 Å². The van der Waals surface area contributed by atoms with Gasteiger partial charge in [0.2, 0.25) is 17.7 Å². The number of amides is 3. The van der Waals surface area contributed by atoms with Crippen LogP contribution < -0.4 is 33.2 Å². The quantitative estimate of drug-likeness (QED) is 0.0953. The number of aliphatic imine (C=N–C) groups is 1. The molecule has 1 aromatic rings. The number of nitrogens with two attached hydrogens (primary N) is 3. The molecule has 0 saturated heterocycles. The summed E-state index contributed by atoms with van der Waals surface area (Å²) in [6.07, 6.45) is 0.918. The van der Waals surface area contributed by atoms with Crippen molar-refractivity contribution in [2.75, 3.05) is 6.54 Å². The van der Waals surface area contributed by atoms with Crippen LogP contribution in [0.3, 0.4) is 0 Å². The number of hydrogen-bond donors (Lipinski definition) is 7. The molecule has 0 aliphatic heterocycles. The van der Waals surface area contributed by atoms with Crippen LogP contribution in [0.5, 0.6) is 0 Å². The van der Waals surface area contributed by atoms with Crippen molar-refractivity contribution < 1.29 is 24.3 Å². The van der Waals surface area contributed by atoms with Gasteiger partial charge in [-0.1, -0.05) is 44.2 Å². The van der Waals surface area contributed by atoms with E-state index in [9.17, 15) is 19.2 Å². The van der Waals surface area contributed by atoms with Crippen LogP contribution in [0.2, 0.25) is 0 Å². The summed E-state index contributed by atoms with van der Waals surface area (Å²) in [6, 6.07) is 4.93. The highest BCUT2D eigenvalue weighted by molar-refractivity contribution is 5.94. The third-order valence-corrected chi connectivity index (χ3v) is 5.20. The smallest absolute Gasteiger partial charge is 0.325 e. The van der Waals surface area contributed by atoms with E-state index >= 15 is 0 Å². The van der Waals surface area contributed by atoms with Crippen LogP contribution in [0.4, 0.5) is 0 Å². The largest absolute Gasteiger partial charge is 0.480 e. The fraction of sp³-hybridized carbons (Fsp3) is 0.522. The minimum Gasteiger partial charge on any atom is -0.480 e. The van der Waals surface area contributed by atoms with E-state index < -0.39 is 47.9 Å². The van der Waals surface area contributed by atoms with Crippen molar-refractivity contribution >= 4 is 29.7 Å². The standard InChI is InChI=1S/C23H37N7O5/c1-13(2)18(30-19(31)16(24)10-7-11-27-23(25)26)21(33)29-17(12-15-8-5-4-6-9-15)20(32)28-14(3)22(34)35/h4-6,8-9,13-14,16-18H,7,10-12,24H2,1-3H3,(H,28,32)(H,29,33)(H,30,31)(H,34,35)(H4,25,26,27). The summed E-state index contributed by atoms with van der Waals surface area (Å²) < 4.78 is 0. The Morgan fingerprint density at radius 1 is 0.943 bits per heavy atom. The van der Waals surface area contributed by atoms with Crippen molar-refractivity contribution in [3.8, 4) is 0 Å². The number of carboxylic acids is 1. The zero-order chi connectivity index (χ0) is 26.5. The maximum absolute atomic E-state index is 13.1. The summed E-state index contributed by atoms with van der Waals surface area (Å²) in [5.74, 6) is -3.32. The summed E-state index contributed by atoms with van der Waals surface area (Å²) in [7, 11) is 0. The minimum atomic E-state index is -1.20. The molecule has 0 aromatic heterocycles. The van der Waals surface area contributed by atoms with E-state index in [2.05, 4.69) is 20.9 Å². The van der Waals surface area contributed by atoms with Crippen molar-refractivity contribution in [1.29, 1.82) is 0 Å². The monoisotopic (exact) mass is 491 g/mol. The molecule has 0 saturated carbocycles. The molecule has 35 heavy (non-hydrogen) atoms. The Morgan fingerprint density at radius 2 is 1.57 bits per heavy atom. The van der Waals surface area contributed by atoms with E-state index in [0.717, 1.165) is 5.56 Å². The SMILES string of the molecule is CC(NC(=O)C(Cc1ccccc1)NC(=O)C(NC(=O)C(N)CCCN=C(N)N)C(C)C)C(=O)O. The zero-order valence-corrected chi connectivity index (χ0v) is 20.4. The molecule has 0 aliphatic carbocycles. The fourth-order valence-corrected chi connectivity index (χ4v) is 3.14. The number of carbonyl (C=O) groups is 4. The molecule has 4 atom stereocenters. The molecule has 0 radical (unpaired) electrons. The Kier molecular flexibility index (Phi) is 12.2. The Labute approximate surface area is 205 Å². The molecule has 3 amide bonds. The molecular formula is C23H37N7O5. The Balaban J connectivity index is 2.91. The molecule has 12 heteroatoms. The first-order valence-corrected chi connectivity index (χ1v) is 11.4. The van der Waals surface area contributed by atoms with Gasteiger partial charge in [0.15, 0.2) is 5.96 Å². The zero-order valence-electron chi connectivity index (χ0n) is 20.4. The number of carbonyl (C=O) groups excluding carboxylic acids is 3. The first kappa shape index (κ1) is 29.4. The van der Waals surface area contributed by atoms with Crippen LogP contribution in [-0.2, 0) is 25.6 Å². The maximum atomic E-state index is 13.1. The molecule has 12 nitrogen and oxygen atoms in total. The molecule has 0 heterocycles. The first-order chi connectivity index (χ1) is 16.4. The number of nitrogens with zero attached hydrogens (tertiary/aromatic N) is 1. The molecular weight excluding hydrogens is 454 g/mol. The summed E-state index contributed by atoms with van der Waals surface area (Å²) in [4.78, 5) is 53.5. The molecule has 0 spiro atoms. The number of rotatable bonds is 14. The van der Waals surface area contributed by atoms with Gasteiger partial charge in [-0.15, -0.1) is 0 Å². The second-order valence-corrected chi connectivity index (χ2v) is 8.60. The summed E-state index contributed by atoms with van der Waals surface area (Å²) in [6.45, 7) is 5.14. The normalized spacial score (nSPS) is 14.2. The first-order valence-electron chi connectivity index (χ1n) is 11.4. The minimum absolute atomic E-state index is 0.0496. The topological polar surface area (TPSA) is 215 Å². The predicted molar refractivity (Wildman–Crippen MR) is 132 cm³/mol. The number of hydrogen-bond acceptors (Lipinski definition) is 6. The van der Waals surface area contributed by atoms with Crippen LogP contribution >= 0.6 is 0 Å². The maximum Gasteiger partial charge on any atom is 0.325 e. The lowest BCUT2D eigenvalue weighted by Crippen LogP contribution is -2.58. The summed E-state index contributed by atoms with van der Waals surface area (Å²) in [5, 5.41) is 16.8. The number of nitrogens with one attached hydrogen (secondary N) is 3. The van der Waals surface area contributed by atoms with Crippen molar-refractivity contribution in [2.45, 2.75) is 64.2 Å². The average molecular weight is 492 g/mol. The lowest BCUT2D eigenvalue weighted by Gasteiger charge is -2.26. The number of aliphatic carboxylic acids is 1. The van der Waals surface area contributed by atoms with E-state index in [0.29, 0.717) is 19.4 Å². The molecule has 1 aromatic carbocycles.